The number of benzene rings is 2. The molecule has 0 aliphatic rings. The molecule has 5 heteroatoms. The van der Waals surface area contributed by atoms with Gasteiger partial charge in [0.2, 0.25) is 0 Å². The van der Waals surface area contributed by atoms with E-state index in [2.05, 4.69) is 10.6 Å². The van der Waals surface area contributed by atoms with Crippen molar-refractivity contribution >= 4 is 29.0 Å². The van der Waals surface area contributed by atoms with E-state index in [9.17, 15) is 4.79 Å². The molecule has 0 saturated carbocycles. The molecule has 2 rings (SSSR count). The number of rotatable bonds is 3. The van der Waals surface area contributed by atoms with Crippen molar-refractivity contribution in [3.63, 3.8) is 0 Å². The number of halogens is 1. The number of urea groups is 1. The molecule has 0 aromatic heterocycles. The van der Waals surface area contributed by atoms with Crippen LogP contribution in [0, 0.1) is 6.92 Å². The predicted octanol–water partition coefficient (Wildman–Crippen LogP) is 4.30. The van der Waals surface area contributed by atoms with Gasteiger partial charge in [-0.05, 0) is 48.9 Å². The number of amides is 2. The van der Waals surface area contributed by atoms with Gasteiger partial charge in [0.15, 0.2) is 0 Å². The lowest BCUT2D eigenvalue weighted by Gasteiger charge is -2.10. The van der Waals surface area contributed by atoms with Gasteiger partial charge in [-0.1, -0.05) is 17.7 Å². The fraction of sp³-hybridized carbons (Fsp3) is 0.133. The van der Waals surface area contributed by atoms with Crippen LogP contribution in [0.2, 0.25) is 5.02 Å². The van der Waals surface area contributed by atoms with Gasteiger partial charge in [-0.3, -0.25) is 0 Å². The Hall–Kier alpha value is -2.20. The van der Waals surface area contributed by atoms with E-state index in [0.29, 0.717) is 16.4 Å². The summed E-state index contributed by atoms with van der Waals surface area (Å²) in [7, 11) is 1.59. The van der Waals surface area contributed by atoms with E-state index in [1.165, 1.54) is 0 Å². The summed E-state index contributed by atoms with van der Waals surface area (Å²) in [4.78, 5) is 11.9. The third-order valence-electron chi connectivity index (χ3n) is 2.72. The first-order valence-corrected chi connectivity index (χ1v) is 6.44. The van der Waals surface area contributed by atoms with Gasteiger partial charge in [-0.15, -0.1) is 0 Å². The van der Waals surface area contributed by atoms with Crippen LogP contribution in [0.1, 0.15) is 5.56 Å². The van der Waals surface area contributed by atoms with Gasteiger partial charge in [0.05, 0.1) is 17.8 Å². The first-order valence-electron chi connectivity index (χ1n) is 6.06. The van der Waals surface area contributed by atoms with E-state index in [-0.39, 0.29) is 6.03 Å². The van der Waals surface area contributed by atoms with Crippen molar-refractivity contribution in [3.05, 3.63) is 53.1 Å². The molecule has 0 radical (unpaired) electrons. The molecule has 104 valence electrons. The van der Waals surface area contributed by atoms with Gasteiger partial charge in [0.1, 0.15) is 5.75 Å². The van der Waals surface area contributed by atoms with Crippen LogP contribution >= 0.6 is 11.6 Å². The van der Waals surface area contributed by atoms with Crippen LogP contribution in [-0.2, 0) is 0 Å². The van der Waals surface area contributed by atoms with Crippen LogP contribution in [0.4, 0.5) is 16.2 Å². The first kappa shape index (κ1) is 14.2. The van der Waals surface area contributed by atoms with Crippen LogP contribution in [0.3, 0.4) is 0 Å². The number of nitrogens with one attached hydrogen (secondary N) is 2. The van der Waals surface area contributed by atoms with Crippen molar-refractivity contribution in [3.8, 4) is 5.75 Å². The maximum absolute atomic E-state index is 11.9. The Morgan fingerprint density at radius 1 is 1.10 bits per heavy atom. The summed E-state index contributed by atoms with van der Waals surface area (Å²) in [5, 5.41) is 5.93. The summed E-state index contributed by atoms with van der Waals surface area (Å²) in [6.45, 7) is 1.94. The maximum Gasteiger partial charge on any atom is 0.323 e. The molecule has 0 bridgehead atoms. The van der Waals surface area contributed by atoms with Gasteiger partial charge in [-0.25, -0.2) is 4.79 Å². The quantitative estimate of drug-likeness (QED) is 0.885. The number of ether oxygens (including phenoxy) is 1. The minimum Gasteiger partial charge on any atom is -0.497 e. The van der Waals surface area contributed by atoms with Crippen molar-refractivity contribution in [2.75, 3.05) is 17.7 Å². The first-order chi connectivity index (χ1) is 9.58. The molecule has 0 heterocycles. The van der Waals surface area contributed by atoms with Crippen molar-refractivity contribution in [2.45, 2.75) is 6.92 Å². The Morgan fingerprint density at radius 2 is 1.80 bits per heavy atom. The highest BCUT2D eigenvalue weighted by molar-refractivity contribution is 6.33. The Kier molecular flexibility index (Phi) is 4.48. The van der Waals surface area contributed by atoms with Crippen molar-refractivity contribution in [1.29, 1.82) is 0 Å². The second kappa shape index (κ2) is 6.30. The monoisotopic (exact) mass is 290 g/mol. The van der Waals surface area contributed by atoms with E-state index in [1.807, 2.05) is 13.0 Å². The van der Waals surface area contributed by atoms with Crippen molar-refractivity contribution in [1.82, 2.24) is 0 Å². The highest BCUT2D eigenvalue weighted by atomic mass is 35.5. The number of methoxy groups -OCH3 is 1. The topological polar surface area (TPSA) is 50.4 Å². The van der Waals surface area contributed by atoms with E-state index in [1.54, 1.807) is 43.5 Å². The smallest absolute Gasteiger partial charge is 0.323 e. The number of carbonyl (C=O) groups excluding carboxylic acids is 1. The molecule has 2 amide bonds. The molecular formula is C15H15ClN2O2. The maximum atomic E-state index is 11.9. The SMILES string of the molecule is COc1ccc(NC(=O)Nc2ccc(C)cc2Cl)cc1. The summed E-state index contributed by atoms with van der Waals surface area (Å²) in [6.07, 6.45) is 0. The fourth-order valence-corrected chi connectivity index (χ4v) is 1.96. The molecule has 2 aromatic carbocycles. The van der Waals surface area contributed by atoms with E-state index < -0.39 is 0 Å². The normalized spacial score (nSPS) is 9.95. The second-order valence-corrected chi connectivity index (χ2v) is 4.70. The number of anilines is 2. The number of hydrogen-bond acceptors (Lipinski definition) is 2. The summed E-state index contributed by atoms with van der Waals surface area (Å²) in [5.41, 5.74) is 2.28. The summed E-state index contributed by atoms with van der Waals surface area (Å²) >= 11 is 6.06. The number of aryl methyl sites for hydroxylation is 1. The highest BCUT2D eigenvalue weighted by Crippen LogP contribution is 2.23. The standard InChI is InChI=1S/C15H15ClN2O2/c1-10-3-8-14(13(16)9-10)18-15(19)17-11-4-6-12(20-2)7-5-11/h3-9H,1-2H3,(H2,17,18,19). The molecule has 0 atom stereocenters. The molecule has 20 heavy (non-hydrogen) atoms. The minimum absolute atomic E-state index is 0.346. The van der Waals surface area contributed by atoms with Gasteiger partial charge in [-0.2, -0.15) is 0 Å². The second-order valence-electron chi connectivity index (χ2n) is 4.29. The van der Waals surface area contributed by atoms with Crippen LogP contribution in [0.5, 0.6) is 5.75 Å². The Morgan fingerprint density at radius 3 is 2.40 bits per heavy atom. The molecule has 0 unspecified atom stereocenters. The van der Waals surface area contributed by atoms with Crippen LogP contribution in [-0.4, -0.2) is 13.1 Å². The summed E-state index contributed by atoms with van der Waals surface area (Å²) in [5.74, 6) is 0.734. The third kappa shape index (κ3) is 3.65. The predicted molar refractivity (Wildman–Crippen MR) is 81.8 cm³/mol. The number of hydrogen-bond donors (Lipinski definition) is 2. The van der Waals surface area contributed by atoms with Gasteiger partial charge in [0, 0.05) is 5.69 Å². The van der Waals surface area contributed by atoms with Crippen molar-refractivity contribution in [2.24, 2.45) is 0 Å². The van der Waals surface area contributed by atoms with E-state index in [0.717, 1.165) is 11.3 Å². The Balaban J connectivity index is 2.01. The molecule has 2 aromatic rings. The molecule has 2 N–H and O–H groups in total. The van der Waals surface area contributed by atoms with E-state index in [4.69, 9.17) is 16.3 Å². The molecule has 0 aliphatic heterocycles. The minimum atomic E-state index is -0.346. The van der Waals surface area contributed by atoms with Gasteiger partial charge < -0.3 is 15.4 Å². The van der Waals surface area contributed by atoms with Gasteiger partial charge >= 0.3 is 6.03 Å². The molecule has 0 saturated heterocycles. The largest absolute Gasteiger partial charge is 0.497 e. The molecule has 0 aliphatic carbocycles. The van der Waals surface area contributed by atoms with Crippen LogP contribution in [0.25, 0.3) is 0 Å². The third-order valence-corrected chi connectivity index (χ3v) is 3.03. The van der Waals surface area contributed by atoms with Crippen molar-refractivity contribution < 1.29 is 9.53 Å². The van der Waals surface area contributed by atoms with E-state index >= 15 is 0 Å². The summed E-state index contributed by atoms with van der Waals surface area (Å²) < 4.78 is 5.05. The zero-order chi connectivity index (χ0) is 14.5. The molecular weight excluding hydrogens is 276 g/mol. The lowest BCUT2D eigenvalue weighted by atomic mass is 10.2. The zero-order valence-corrected chi connectivity index (χ0v) is 12.0. The van der Waals surface area contributed by atoms with Gasteiger partial charge in [0.25, 0.3) is 0 Å². The Bertz CT molecular complexity index is 612. The molecule has 0 fully saturated rings. The average molecular weight is 291 g/mol. The zero-order valence-electron chi connectivity index (χ0n) is 11.2. The van der Waals surface area contributed by atoms with Crippen LogP contribution < -0.4 is 15.4 Å². The van der Waals surface area contributed by atoms with Crippen LogP contribution in [0.15, 0.2) is 42.5 Å². The fourth-order valence-electron chi connectivity index (χ4n) is 1.68. The lowest BCUT2D eigenvalue weighted by molar-refractivity contribution is 0.262. The Labute approximate surface area is 122 Å². The lowest BCUT2D eigenvalue weighted by Crippen LogP contribution is -2.19. The highest BCUT2D eigenvalue weighted by Gasteiger charge is 2.06. The summed E-state index contributed by atoms with van der Waals surface area (Å²) in [6, 6.07) is 12.2. The average Bonchev–Trinajstić information content (AvgIpc) is 2.43. The molecule has 4 nitrogen and oxygen atoms in total. The molecule has 0 spiro atoms. The number of carbonyl (C=O) groups is 1.